The van der Waals surface area contributed by atoms with Crippen molar-refractivity contribution >= 4 is 5.91 Å². The van der Waals surface area contributed by atoms with Gasteiger partial charge in [-0.25, -0.2) is 13.8 Å². The Balaban J connectivity index is 1.93. The standard InChI is InChI=1S/C11H10F2N4O3/c1-6-15-9(20-16-6)8-2-11(12,13)4-17(8)10(18)7-3-19-5-14-7/h3,5,8H,2,4H2,1H3. The fourth-order valence-electron chi connectivity index (χ4n) is 2.16. The van der Waals surface area contributed by atoms with Gasteiger partial charge in [-0.15, -0.1) is 0 Å². The third-order valence-corrected chi connectivity index (χ3v) is 3.01. The molecular weight excluding hydrogens is 274 g/mol. The van der Waals surface area contributed by atoms with E-state index in [1.165, 1.54) is 0 Å². The molecule has 1 fully saturated rings. The van der Waals surface area contributed by atoms with Crippen LogP contribution in [0.15, 0.2) is 21.6 Å². The van der Waals surface area contributed by atoms with Crippen molar-refractivity contribution in [2.75, 3.05) is 6.54 Å². The molecule has 0 spiro atoms. The summed E-state index contributed by atoms with van der Waals surface area (Å²) < 4.78 is 36.8. The van der Waals surface area contributed by atoms with Gasteiger partial charge in [0.05, 0.1) is 6.54 Å². The minimum atomic E-state index is -3.01. The maximum absolute atomic E-state index is 13.6. The van der Waals surface area contributed by atoms with Gasteiger partial charge in [-0.05, 0) is 6.92 Å². The molecule has 1 unspecified atom stereocenters. The summed E-state index contributed by atoms with van der Waals surface area (Å²) in [6, 6.07) is -0.963. The number of likely N-dealkylation sites (tertiary alicyclic amines) is 1. The normalized spacial score (nSPS) is 21.4. The van der Waals surface area contributed by atoms with E-state index in [4.69, 9.17) is 8.94 Å². The van der Waals surface area contributed by atoms with Gasteiger partial charge in [-0.2, -0.15) is 4.98 Å². The van der Waals surface area contributed by atoms with Crippen LogP contribution in [-0.4, -0.2) is 38.4 Å². The van der Waals surface area contributed by atoms with Crippen molar-refractivity contribution in [2.45, 2.75) is 25.3 Å². The molecule has 0 aliphatic carbocycles. The molecule has 1 atom stereocenters. The van der Waals surface area contributed by atoms with Crippen molar-refractivity contribution in [3.05, 3.63) is 30.1 Å². The molecule has 1 aliphatic rings. The largest absolute Gasteiger partial charge is 0.451 e. The van der Waals surface area contributed by atoms with Crippen LogP contribution >= 0.6 is 0 Å². The fourth-order valence-corrected chi connectivity index (χ4v) is 2.16. The molecule has 0 aromatic carbocycles. The number of aryl methyl sites for hydroxylation is 1. The first-order chi connectivity index (χ1) is 9.46. The molecular formula is C11H10F2N4O3. The minimum absolute atomic E-state index is 0.00322. The van der Waals surface area contributed by atoms with Gasteiger partial charge in [0.15, 0.2) is 17.9 Å². The van der Waals surface area contributed by atoms with Crippen LogP contribution in [-0.2, 0) is 0 Å². The Labute approximate surface area is 111 Å². The first-order valence-electron chi connectivity index (χ1n) is 5.83. The molecule has 3 rings (SSSR count). The summed E-state index contributed by atoms with van der Waals surface area (Å²) in [5.74, 6) is -3.34. The predicted octanol–water partition coefficient (Wildman–Crippen LogP) is 1.59. The molecule has 3 heterocycles. The number of oxazole rings is 1. The van der Waals surface area contributed by atoms with Crippen LogP contribution in [0.3, 0.4) is 0 Å². The van der Waals surface area contributed by atoms with Crippen molar-refractivity contribution in [3.63, 3.8) is 0 Å². The molecule has 106 valence electrons. The molecule has 9 heteroatoms. The molecule has 2 aromatic heterocycles. The summed E-state index contributed by atoms with van der Waals surface area (Å²) in [7, 11) is 0. The quantitative estimate of drug-likeness (QED) is 0.832. The zero-order chi connectivity index (χ0) is 14.3. The topological polar surface area (TPSA) is 85.3 Å². The predicted molar refractivity (Wildman–Crippen MR) is 58.9 cm³/mol. The Bertz CT molecular complexity index is 625. The zero-order valence-electron chi connectivity index (χ0n) is 10.4. The van der Waals surface area contributed by atoms with Crippen LogP contribution in [0.2, 0.25) is 0 Å². The molecule has 1 aliphatic heterocycles. The molecule has 0 N–H and O–H groups in total. The number of hydrogen-bond acceptors (Lipinski definition) is 6. The van der Waals surface area contributed by atoms with Gasteiger partial charge in [0.25, 0.3) is 11.8 Å². The highest BCUT2D eigenvalue weighted by molar-refractivity contribution is 5.92. The van der Waals surface area contributed by atoms with Gasteiger partial charge < -0.3 is 13.8 Å². The Morgan fingerprint density at radius 1 is 1.55 bits per heavy atom. The van der Waals surface area contributed by atoms with Gasteiger partial charge in [0, 0.05) is 6.42 Å². The fraction of sp³-hybridized carbons (Fsp3) is 0.455. The van der Waals surface area contributed by atoms with Crippen LogP contribution in [0, 0.1) is 6.92 Å². The number of nitrogens with zero attached hydrogens (tertiary/aromatic N) is 4. The van der Waals surface area contributed by atoms with Crippen molar-refractivity contribution in [1.82, 2.24) is 20.0 Å². The van der Waals surface area contributed by atoms with E-state index >= 15 is 0 Å². The number of carbonyl (C=O) groups is 1. The Morgan fingerprint density at radius 2 is 2.35 bits per heavy atom. The van der Waals surface area contributed by atoms with Crippen LogP contribution in [0.4, 0.5) is 8.78 Å². The van der Waals surface area contributed by atoms with Crippen molar-refractivity contribution < 1.29 is 22.5 Å². The molecule has 0 saturated carbocycles. The second kappa shape index (κ2) is 4.36. The van der Waals surface area contributed by atoms with Crippen molar-refractivity contribution in [2.24, 2.45) is 0 Å². The second-order valence-corrected chi connectivity index (χ2v) is 4.56. The summed E-state index contributed by atoms with van der Waals surface area (Å²) in [5.41, 5.74) is -0.0380. The molecule has 0 radical (unpaired) electrons. The average Bonchev–Trinajstić information content (AvgIpc) is 3.07. The van der Waals surface area contributed by atoms with Crippen LogP contribution in [0.1, 0.15) is 34.7 Å². The summed E-state index contributed by atoms with van der Waals surface area (Å²) in [4.78, 5) is 20.7. The number of hydrogen-bond donors (Lipinski definition) is 0. The highest BCUT2D eigenvalue weighted by Gasteiger charge is 2.50. The molecule has 1 amide bonds. The summed E-state index contributed by atoms with van der Waals surface area (Å²) in [6.45, 7) is 0.856. The SMILES string of the molecule is Cc1noc(C2CC(F)(F)CN2C(=O)c2cocn2)n1. The van der Waals surface area contributed by atoms with Gasteiger partial charge >= 0.3 is 0 Å². The lowest BCUT2D eigenvalue weighted by Gasteiger charge is -2.19. The average molecular weight is 284 g/mol. The lowest BCUT2D eigenvalue weighted by atomic mass is 10.2. The number of halogens is 2. The molecule has 7 nitrogen and oxygen atoms in total. The number of rotatable bonds is 2. The van der Waals surface area contributed by atoms with E-state index in [1.807, 2.05) is 0 Å². The van der Waals surface area contributed by atoms with Crippen LogP contribution in [0.25, 0.3) is 0 Å². The summed E-state index contributed by atoms with van der Waals surface area (Å²) in [5, 5.41) is 3.56. The number of alkyl halides is 2. The lowest BCUT2D eigenvalue weighted by molar-refractivity contribution is 0.0116. The summed E-state index contributed by atoms with van der Waals surface area (Å²) in [6.07, 6.45) is 1.61. The molecule has 0 bridgehead atoms. The minimum Gasteiger partial charge on any atom is -0.451 e. The maximum Gasteiger partial charge on any atom is 0.276 e. The number of amides is 1. The highest BCUT2D eigenvalue weighted by Crippen LogP contribution is 2.41. The van der Waals surface area contributed by atoms with E-state index < -0.39 is 30.8 Å². The molecule has 1 saturated heterocycles. The van der Waals surface area contributed by atoms with Gasteiger partial charge in [0.1, 0.15) is 12.3 Å². The van der Waals surface area contributed by atoms with Gasteiger partial charge in [0.2, 0.25) is 5.89 Å². The van der Waals surface area contributed by atoms with E-state index in [0.717, 1.165) is 17.6 Å². The third-order valence-electron chi connectivity index (χ3n) is 3.01. The van der Waals surface area contributed by atoms with Gasteiger partial charge in [-0.1, -0.05) is 5.16 Å². The molecule has 2 aromatic rings. The van der Waals surface area contributed by atoms with Crippen molar-refractivity contribution in [1.29, 1.82) is 0 Å². The zero-order valence-corrected chi connectivity index (χ0v) is 10.4. The Morgan fingerprint density at radius 3 is 2.95 bits per heavy atom. The number of carbonyl (C=O) groups excluding carboxylic acids is 1. The van der Waals surface area contributed by atoms with Gasteiger partial charge in [-0.3, -0.25) is 4.79 Å². The monoisotopic (exact) mass is 284 g/mol. The first-order valence-corrected chi connectivity index (χ1v) is 5.83. The summed E-state index contributed by atoms with van der Waals surface area (Å²) >= 11 is 0. The smallest absolute Gasteiger partial charge is 0.276 e. The first kappa shape index (κ1) is 12.7. The van der Waals surface area contributed by atoms with Crippen LogP contribution < -0.4 is 0 Å². The van der Waals surface area contributed by atoms with Crippen molar-refractivity contribution in [3.8, 4) is 0 Å². The number of aromatic nitrogens is 3. The Hall–Kier alpha value is -2.32. The highest BCUT2D eigenvalue weighted by atomic mass is 19.3. The lowest BCUT2D eigenvalue weighted by Crippen LogP contribution is -2.33. The maximum atomic E-state index is 13.6. The second-order valence-electron chi connectivity index (χ2n) is 4.56. The van der Waals surface area contributed by atoms with E-state index in [2.05, 4.69) is 15.1 Å². The Kier molecular flexibility index (Phi) is 2.77. The van der Waals surface area contributed by atoms with E-state index in [1.54, 1.807) is 6.92 Å². The third kappa shape index (κ3) is 2.15. The van der Waals surface area contributed by atoms with E-state index in [-0.39, 0.29) is 11.6 Å². The molecule has 20 heavy (non-hydrogen) atoms. The van der Waals surface area contributed by atoms with E-state index in [0.29, 0.717) is 5.82 Å². The van der Waals surface area contributed by atoms with E-state index in [9.17, 15) is 13.6 Å². The van der Waals surface area contributed by atoms with Crippen LogP contribution in [0.5, 0.6) is 0 Å².